The molecule has 0 fully saturated rings. The first-order chi connectivity index (χ1) is 11.8. The number of ether oxygens (including phenoxy) is 2. The van der Waals surface area contributed by atoms with Crippen molar-refractivity contribution in [2.75, 3.05) is 18.5 Å². The van der Waals surface area contributed by atoms with Crippen LogP contribution >= 0.6 is 11.3 Å². The van der Waals surface area contributed by atoms with Crippen LogP contribution in [0.25, 0.3) is 11.3 Å². The minimum atomic E-state index is 0.213. The van der Waals surface area contributed by atoms with Crippen molar-refractivity contribution < 1.29 is 9.47 Å². The van der Waals surface area contributed by atoms with Crippen molar-refractivity contribution in [2.24, 2.45) is 0 Å². The second-order valence-corrected chi connectivity index (χ2v) is 6.53. The molecule has 0 amide bonds. The lowest BCUT2D eigenvalue weighted by atomic mass is 10.1. The Morgan fingerprint density at radius 2 is 1.83 bits per heavy atom. The number of hydrogen-bond acceptors (Lipinski definition) is 5. The molecule has 0 aliphatic carbocycles. The van der Waals surface area contributed by atoms with Crippen LogP contribution in [0.1, 0.15) is 18.5 Å². The Labute approximate surface area is 145 Å². The van der Waals surface area contributed by atoms with Gasteiger partial charge in [0.05, 0.1) is 11.7 Å². The summed E-state index contributed by atoms with van der Waals surface area (Å²) in [7, 11) is 0. The first-order valence-corrected chi connectivity index (χ1v) is 8.84. The fourth-order valence-electron chi connectivity index (χ4n) is 2.69. The van der Waals surface area contributed by atoms with Crippen LogP contribution in [-0.4, -0.2) is 18.2 Å². The van der Waals surface area contributed by atoms with E-state index in [1.165, 1.54) is 5.56 Å². The summed E-state index contributed by atoms with van der Waals surface area (Å²) in [6.07, 6.45) is 0. The number of benzene rings is 2. The first kappa shape index (κ1) is 15.0. The highest BCUT2D eigenvalue weighted by Gasteiger charge is 2.14. The fourth-order valence-corrected chi connectivity index (χ4v) is 3.49. The van der Waals surface area contributed by atoms with Gasteiger partial charge in [-0.15, -0.1) is 11.3 Å². The van der Waals surface area contributed by atoms with Crippen LogP contribution in [0.3, 0.4) is 0 Å². The molecule has 2 heterocycles. The number of aromatic nitrogens is 1. The highest BCUT2D eigenvalue weighted by molar-refractivity contribution is 7.14. The molecule has 0 saturated heterocycles. The van der Waals surface area contributed by atoms with Crippen LogP contribution in [-0.2, 0) is 0 Å². The molecule has 0 saturated carbocycles. The maximum Gasteiger partial charge on any atom is 0.183 e. The van der Waals surface area contributed by atoms with E-state index >= 15 is 0 Å². The lowest BCUT2D eigenvalue weighted by Gasteiger charge is -2.18. The number of rotatable bonds is 4. The van der Waals surface area contributed by atoms with Gasteiger partial charge >= 0.3 is 0 Å². The number of nitrogens with one attached hydrogen (secondary N) is 1. The normalized spacial score (nSPS) is 14.2. The summed E-state index contributed by atoms with van der Waals surface area (Å²) in [5, 5.41) is 6.44. The van der Waals surface area contributed by atoms with E-state index in [-0.39, 0.29) is 6.04 Å². The Morgan fingerprint density at radius 3 is 2.67 bits per heavy atom. The molecule has 0 radical (unpaired) electrons. The summed E-state index contributed by atoms with van der Waals surface area (Å²) in [5.74, 6) is 1.59. The van der Waals surface area contributed by atoms with Gasteiger partial charge in [0.1, 0.15) is 13.2 Å². The zero-order valence-electron chi connectivity index (χ0n) is 13.4. The van der Waals surface area contributed by atoms with Crippen LogP contribution in [0.15, 0.2) is 53.9 Å². The van der Waals surface area contributed by atoms with Gasteiger partial charge in [0.15, 0.2) is 16.6 Å². The summed E-state index contributed by atoms with van der Waals surface area (Å²) in [6.45, 7) is 3.34. The van der Waals surface area contributed by atoms with Gasteiger partial charge in [0.2, 0.25) is 0 Å². The number of thiazole rings is 1. The average molecular weight is 338 g/mol. The minimum Gasteiger partial charge on any atom is -0.486 e. The molecule has 1 N–H and O–H groups in total. The second kappa shape index (κ2) is 6.53. The monoisotopic (exact) mass is 338 g/mol. The second-order valence-electron chi connectivity index (χ2n) is 5.67. The Hall–Kier alpha value is -2.53. The summed E-state index contributed by atoms with van der Waals surface area (Å²) in [4.78, 5) is 4.71. The summed E-state index contributed by atoms with van der Waals surface area (Å²) >= 11 is 1.61. The molecule has 1 aliphatic heterocycles. The standard InChI is InChI=1S/C19H18N2O2S/c1-13(14-5-3-2-4-6-14)20-19-21-16(12-24-19)15-7-8-17-18(11-15)23-10-9-22-17/h2-8,11-13H,9-10H2,1H3,(H,20,21)/t13-/m1/s1. The largest absolute Gasteiger partial charge is 0.486 e. The molecule has 1 aromatic heterocycles. The Balaban J connectivity index is 1.52. The number of nitrogens with zero attached hydrogens (tertiary/aromatic N) is 1. The van der Waals surface area contributed by atoms with Crippen LogP contribution in [0.2, 0.25) is 0 Å². The zero-order chi connectivity index (χ0) is 16.4. The van der Waals surface area contributed by atoms with Crippen molar-refractivity contribution in [3.05, 3.63) is 59.5 Å². The molecule has 122 valence electrons. The molecule has 2 aromatic carbocycles. The van der Waals surface area contributed by atoms with Crippen LogP contribution in [0.4, 0.5) is 5.13 Å². The molecule has 3 aromatic rings. The van der Waals surface area contributed by atoms with Crippen molar-refractivity contribution in [3.63, 3.8) is 0 Å². The molecule has 4 nitrogen and oxygen atoms in total. The third kappa shape index (κ3) is 3.08. The van der Waals surface area contributed by atoms with Gasteiger partial charge < -0.3 is 14.8 Å². The van der Waals surface area contributed by atoms with E-state index in [1.54, 1.807) is 11.3 Å². The molecule has 4 rings (SSSR count). The third-order valence-corrected chi connectivity index (χ3v) is 4.76. The van der Waals surface area contributed by atoms with Crippen molar-refractivity contribution in [1.82, 2.24) is 4.98 Å². The van der Waals surface area contributed by atoms with E-state index in [0.717, 1.165) is 27.9 Å². The minimum absolute atomic E-state index is 0.213. The first-order valence-electron chi connectivity index (χ1n) is 7.96. The van der Waals surface area contributed by atoms with E-state index in [1.807, 2.05) is 24.3 Å². The lowest BCUT2D eigenvalue weighted by molar-refractivity contribution is 0.171. The number of fused-ring (bicyclic) bond motifs is 1. The van der Waals surface area contributed by atoms with Gasteiger partial charge in [-0.25, -0.2) is 4.98 Å². The summed E-state index contributed by atoms with van der Waals surface area (Å²) in [5.41, 5.74) is 3.23. The molecule has 0 spiro atoms. The summed E-state index contributed by atoms with van der Waals surface area (Å²) in [6, 6.07) is 16.5. The van der Waals surface area contributed by atoms with E-state index in [2.05, 4.69) is 41.9 Å². The SMILES string of the molecule is C[C@@H](Nc1nc(-c2ccc3c(c2)OCCO3)cs1)c1ccccc1. The van der Waals surface area contributed by atoms with Gasteiger partial charge in [-0.3, -0.25) is 0 Å². The molecule has 0 bridgehead atoms. The van der Waals surface area contributed by atoms with Crippen molar-refractivity contribution in [1.29, 1.82) is 0 Å². The molecular weight excluding hydrogens is 320 g/mol. The quantitative estimate of drug-likeness (QED) is 0.745. The molecule has 5 heteroatoms. The van der Waals surface area contributed by atoms with Crippen LogP contribution in [0, 0.1) is 0 Å². The molecule has 1 atom stereocenters. The predicted molar refractivity (Wildman–Crippen MR) is 97.0 cm³/mol. The van der Waals surface area contributed by atoms with Gasteiger partial charge in [0.25, 0.3) is 0 Å². The Morgan fingerprint density at radius 1 is 1.04 bits per heavy atom. The average Bonchev–Trinajstić information content (AvgIpc) is 3.10. The van der Waals surface area contributed by atoms with Crippen LogP contribution in [0.5, 0.6) is 11.5 Å². The van der Waals surface area contributed by atoms with Gasteiger partial charge in [0, 0.05) is 10.9 Å². The van der Waals surface area contributed by atoms with Gasteiger partial charge in [-0.1, -0.05) is 30.3 Å². The highest BCUT2D eigenvalue weighted by Crippen LogP contribution is 2.35. The Kier molecular flexibility index (Phi) is 4.09. The Bertz CT molecular complexity index is 832. The fraction of sp³-hybridized carbons (Fsp3) is 0.211. The lowest BCUT2D eigenvalue weighted by Crippen LogP contribution is -2.15. The highest BCUT2D eigenvalue weighted by atomic mass is 32.1. The molecule has 1 aliphatic rings. The smallest absolute Gasteiger partial charge is 0.183 e. The van der Waals surface area contributed by atoms with E-state index in [0.29, 0.717) is 13.2 Å². The van der Waals surface area contributed by atoms with E-state index in [4.69, 9.17) is 14.5 Å². The molecular formula is C19H18N2O2S. The van der Waals surface area contributed by atoms with Crippen molar-refractivity contribution in [2.45, 2.75) is 13.0 Å². The third-order valence-electron chi connectivity index (χ3n) is 3.98. The van der Waals surface area contributed by atoms with E-state index in [9.17, 15) is 0 Å². The van der Waals surface area contributed by atoms with E-state index < -0.39 is 0 Å². The number of anilines is 1. The maximum absolute atomic E-state index is 5.65. The maximum atomic E-state index is 5.65. The molecule has 0 unspecified atom stereocenters. The van der Waals surface area contributed by atoms with Crippen molar-refractivity contribution in [3.8, 4) is 22.8 Å². The molecule has 24 heavy (non-hydrogen) atoms. The predicted octanol–water partition coefficient (Wildman–Crippen LogP) is 4.75. The van der Waals surface area contributed by atoms with Gasteiger partial charge in [-0.2, -0.15) is 0 Å². The number of hydrogen-bond donors (Lipinski definition) is 1. The summed E-state index contributed by atoms with van der Waals surface area (Å²) < 4.78 is 11.2. The van der Waals surface area contributed by atoms with Crippen molar-refractivity contribution >= 4 is 16.5 Å². The van der Waals surface area contributed by atoms with Crippen LogP contribution < -0.4 is 14.8 Å². The topological polar surface area (TPSA) is 43.4 Å². The zero-order valence-corrected chi connectivity index (χ0v) is 14.2. The van der Waals surface area contributed by atoms with Gasteiger partial charge in [-0.05, 0) is 30.7 Å².